The van der Waals surface area contributed by atoms with Gasteiger partial charge in [0.2, 0.25) is 0 Å². The van der Waals surface area contributed by atoms with Crippen molar-refractivity contribution < 1.29 is 9.53 Å². The molecular formula is C10H16O2. The molecule has 0 N–H and O–H groups in total. The first-order valence-corrected chi connectivity index (χ1v) is 4.67. The van der Waals surface area contributed by atoms with Gasteiger partial charge in [-0.05, 0) is 38.5 Å². The Kier molecular flexibility index (Phi) is 4.50. The Labute approximate surface area is 73.6 Å². The molecular weight excluding hydrogens is 152 g/mol. The zero-order valence-electron chi connectivity index (χ0n) is 7.37. The first-order valence-electron chi connectivity index (χ1n) is 4.67. The lowest BCUT2D eigenvalue weighted by molar-refractivity contribution is -0.137. The molecule has 0 aromatic carbocycles. The average Bonchev–Trinajstić information content (AvgIpc) is 2.53. The first kappa shape index (κ1) is 9.30. The minimum atomic E-state index is 0.262. The lowest BCUT2D eigenvalue weighted by Gasteiger charge is -2.22. The van der Waals surface area contributed by atoms with Crippen LogP contribution in [0.2, 0.25) is 0 Å². The Hall–Kier alpha value is -0.790. The third-order valence-corrected chi connectivity index (χ3v) is 2.21. The van der Waals surface area contributed by atoms with Crippen molar-refractivity contribution in [1.82, 2.24) is 0 Å². The van der Waals surface area contributed by atoms with Gasteiger partial charge < -0.3 is 4.74 Å². The molecule has 2 rings (SSSR count). The second-order valence-electron chi connectivity index (χ2n) is 3.19. The predicted molar refractivity (Wildman–Crippen MR) is 47.8 cm³/mol. The monoisotopic (exact) mass is 168 g/mol. The van der Waals surface area contributed by atoms with Crippen molar-refractivity contribution in [3.8, 4) is 0 Å². The molecule has 0 amide bonds. The van der Waals surface area contributed by atoms with Gasteiger partial charge in [-0.2, -0.15) is 0 Å². The zero-order valence-corrected chi connectivity index (χ0v) is 7.37. The van der Waals surface area contributed by atoms with E-state index in [-0.39, 0.29) is 6.10 Å². The standard InChI is InChI=1S/C5H8O2.C5H8/c6-4-7-5-2-1-3-5;1-2-4-5-3-1/h4-5H,1-3H2;1-2H,3-5H2. The molecule has 2 nitrogen and oxygen atoms in total. The summed E-state index contributed by atoms with van der Waals surface area (Å²) in [4.78, 5) is 9.59. The van der Waals surface area contributed by atoms with Crippen LogP contribution >= 0.6 is 0 Å². The Morgan fingerprint density at radius 2 is 1.83 bits per heavy atom. The Morgan fingerprint density at radius 1 is 1.17 bits per heavy atom. The van der Waals surface area contributed by atoms with Gasteiger partial charge in [0.05, 0.1) is 0 Å². The molecule has 0 saturated heterocycles. The molecule has 2 aliphatic rings. The van der Waals surface area contributed by atoms with Gasteiger partial charge in [-0.15, -0.1) is 0 Å². The van der Waals surface area contributed by atoms with Gasteiger partial charge >= 0.3 is 0 Å². The summed E-state index contributed by atoms with van der Waals surface area (Å²) in [5.74, 6) is 0. The molecule has 0 heterocycles. The molecule has 2 aliphatic carbocycles. The second kappa shape index (κ2) is 5.81. The molecule has 68 valence electrons. The van der Waals surface area contributed by atoms with E-state index in [1.807, 2.05) is 0 Å². The fraction of sp³-hybridized carbons (Fsp3) is 0.700. The summed E-state index contributed by atoms with van der Waals surface area (Å²) in [6.07, 6.45) is 12.1. The van der Waals surface area contributed by atoms with Crippen LogP contribution in [0.4, 0.5) is 0 Å². The van der Waals surface area contributed by atoms with E-state index in [1.165, 1.54) is 25.7 Å². The molecule has 0 aromatic rings. The van der Waals surface area contributed by atoms with Crippen molar-refractivity contribution in [3.63, 3.8) is 0 Å². The lowest BCUT2D eigenvalue weighted by Crippen LogP contribution is -2.20. The van der Waals surface area contributed by atoms with Gasteiger partial charge in [0.1, 0.15) is 6.10 Å². The maximum Gasteiger partial charge on any atom is 0.293 e. The summed E-state index contributed by atoms with van der Waals surface area (Å²) in [6, 6.07) is 0. The van der Waals surface area contributed by atoms with Crippen molar-refractivity contribution in [1.29, 1.82) is 0 Å². The van der Waals surface area contributed by atoms with Crippen molar-refractivity contribution in [2.45, 2.75) is 44.6 Å². The van der Waals surface area contributed by atoms with Crippen LogP contribution in [0.5, 0.6) is 0 Å². The molecule has 2 heteroatoms. The van der Waals surface area contributed by atoms with E-state index in [0.717, 1.165) is 12.8 Å². The summed E-state index contributed by atoms with van der Waals surface area (Å²) >= 11 is 0. The van der Waals surface area contributed by atoms with E-state index in [4.69, 9.17) is 0 Å². The van der Waals surface area contributed by atoms with E-state index in [9.17, 15) is 4.79 Å². The van der Waals surface area contributed by atoms with E-state index in [1.54, 1.807) is 0 Å². The highest BCUT2D eigenvalue weighted by molar-refractivity contribution is 5.37. The van der Waals surface area contributed by atoms with Crippen molar-refractivity contribution in [2.75, 3.05) is 0 Å². The topological polar surface area (TPSA) is 26.3 Å². The van der Waals surface area contributed by atoms with Crippen LogP contribution in [0.1, 0.15) is 38.5 Å². The van der Waals surface area contributed by atoms with Gasteiger partial charge in [-0.3, -0.25) is 4.79 Å². The van der Waals surface area contributed by atoms with Crippen LogP contribution in [0.15, 0.2) is 12.2 Å². The highest BCUT2D eigenvalue weighted by Gasteiger charge is 2.17. The van der Waals surface area contributed by atoms with Gasteiger partial charge in [0.25, 0.3) is 6.47 Å². The average molecular weight is 168 g/mol. The van der Waals surface area contributed by atoms with Crippen LogP contribution in [0, 0.1) is 0 Å². The van der Waals surface area contributed by atoms with Gasteiger partial charge in [-0.1, -0.05) is 12.2 Å². The second-order valence-corrected chi connectivity index (χ2v) is 3.19. The van der Waals surface area contributed by atoms with Crippen molar-refractivity contribution >= 4 is 6.47 Å². The van der Waals surface area contributed by atoms with Crippen LogP contribution in [0.3, 0.4) is 0 Å². The molecule has 0 unspecified atom stereocenters. The summed E-state index contributed by atoms with van der Waals surface area (Å²) in [6.45, 7) is 0.532. The van der Waals surface area contributed by atoms with Crippen LogP contribution < -0.4 is 0 Å². The fourth-order valence-corrected chi connectivity index (χ4v) is 1.17. The highest BCUT2D eigenvalue weighted by Crippen LogP contribution is 2.20. The normalized spacial score (nSPS) is 20.7. The van der Waals surface area contributed by atoms with Gasteiger partial charge in [-0.25, -0.2) is 0 Å². The number of hydrogen-bond donors (Lipinski definition) is 0. The Balaban J connectivity index is 0.000000127. The molecule has 0 atom stereocenters. The summed E-state index contributed by atoms with van der Waals surface area (Å²) < 4.78 is 4.60. The summed E-state index contributed by atoms with van der Waals surface area (Å²) in [7, 11) is 0. The maximum atomic E-state index is 9.59. The molecule has 1 fully saturated rings. The SMILES string of the molecule is C1=CCCC1.O=COC1CCC1. The van der Waals surface area contributed by atoms with E-state index >= 15 is 0 Å². The summed E-state index contributed by atoms with van der Waals surface area (Å²) in [5.41, 5.74) is 0. The Bertz CT molecular complexity index is 142. The zero-order chi connectivity index (χ0) is 8.65. The summed E-state index contributed by atoms with van der Waals surface area (Å²) in [5, 5.41) is 0. The molecule has 0 aromatic heterocycles. The Morgan fingerprint density at radius 3 is 2.00 bits per heavy atom. The van der Waals surface area contributed by atoms with Crippen LogP contribution in [-0.2, 0) is 9.53 Å². The number of hydrogen-bond acceptors (Lipinski definition) is 2. The largest absolute Gasteiger partial charge is 0.465 e. The van der Waals surface area contributed by atoms with Gasteiger partial charge in [0.15, 0.2) is 0 Å². The number of allylic oxidation sites excluding steroid dienone is 2. The molecule has 1 saturated carbocycles. The van der Waals surface area contributed by atoms with E-state index in [2.05, 4.69) is 16.9 Å². The lowest BCUT2D eigenvalue weighted by atomic mass is 9.96. The first-order chi connectivity index (χ1) is 5.93. The number of ether oxygens (including phenoxy) is 1. The smallest absolute Gasteiger partial charge is 0.293 e. The number of carbonyl (C=O) groups excluding carboxylic acids is 1. The predicted octanol–water partition coefficient (Wildman–Crippen LogP) is 2.44. The molecule has 0 aliphatic heterocycles. The molecule has 12 heavy (non-hydrogen) atoms. The third-order valence-electron chi connectivity index (χ3n) is 2.21. The van der Waals surface area contributed by atoms with Crippen LogP contribution in [-0.4, -0.2) is 12.6 Å². The van der Waals surface area contributed by atoms with Crippen LogP contribution in [0.25, 0.3) is 0 Å². The van der Waals surface area contributed by atoms with E-state index < -0.39 is 0 Å². The third kappa shape index (κ3) is 3.56. The highest BCUT2D eigenvalue weighted by atomic mass is 16.5. The maximum absolute atomic E-state index is 9.59. The number of rotatable bonds is 2. The molecule has 0 spiro atoms. The van der Waals surface area contributed by atoms with Gasteiger partial charge in [0, 0.05) is 0 Å². The quantitative estimate of drug-likeness (QED) is 0.467. The van der Waals surface area contributed by atoms with E-state index in [0.29, 0.717) is 6.47 Å². The molecule has 0 radical (unpaired) electrons. The van der Waals surface area contributed by atoms with Crippen molar-refractivity contribution in [3.05, 3.63) is 12.2 Å². The molecule has 0 bridgehead atoms. The number of carbonyl (C=O) groups is 1. The minimum Gasteiger partial charge on any atom is -0.465 e. The minimum absolute atomic E-state index is 0.262. The fourth-order valence-electron chi connectivity index (χ4n) is 1.17. The van der Waals surface area contributed by atoms with Crippen molar-refractivity contribution in [2.24, 2.45) is 0 Å².